The van der Waals surface area contributed by atoms with E-state index in [2.05, 4.69) is 0 Å². The molecular weight excluding hydrogens is 418 g/mol. The number of nitro benzene ring substituents is 2. The van der Waals surface area contributed by atoms with E-state index in [0.717, 1.165) is 12.0 Å². The van der Waals surface area contributed by atoms with E-state index in [0.29, 0.717) is 24.3 Å². The van der Waals surface area contributed by atoms with Gasteiger partial charge in [0, 0.05) is 36.8 Å². The van der Waals surface area contributed by atoms with Crippen molar-refractivity contribution in [1.29, 1.82) is 0 Å². The lowest BCUT2D eigenvalue weighted by atomic mass is 10.0. The van der Waals surface area contributed by atoms with Crippen LogP contribution in [0.2, 0.25) is 0 Å². The highest BCUT2D eigenvalue weighted by Gasteiger charge is 2.33. The largest absolute Gasteiger partial charge is 0.305 e. The molecule has 11 heteroatoms. The summed E-state index contributed by atoms with van der Waals surface area (Å²) in [6, 6.07) is 12.2. The number of para-hydroxylation sites is 2. The van der Waals surface area contributed by atoms with Gasteiger partial charge in [0.05, 0.1) is 16.0 Å². The number of nitrogens with zero attached hydrogens (tertiary/aromatic N) is 3. The monoisotopic (exact) mass is 437 g/mol. The first-order chi connectivity index (χ1) is 13.9. The van der Waals surface area contributed by atoms with Gasteiger partial charge in [-0.3, -0.25) is 20.2 Å². The van der Waals surface area contributed by atoms with Gasteiger partial charge in [0.15, 0.2) is 0 Å². The summed E-state index contributed by atoms with van der Waals surface area (Å²) in [6.45, 7) is 2.21. The van der Waals surface area contributed by atoms with E-state index in [9.17, 15) is 24.4 Å². The highest BCUT2D eigenvalue weighted by atomic mass is 32.2. The van der Waals surface area contributed by atoms with Crippen molar-refractivity contribution >= 4 is 34.4 Å². The molecule has 0 radical (unpaired) electrons. The molecule has 0 bridgehead atoms. The minimum Gasteiger partial charge on any atom is -0.305 e. The Labute approximate surface area is 174 Å². The van der Waals surface area contributed by atoms with Gasteiger partial charge in [-0.25, -0.2) is 8.51 Å². The Morgan fingerprint density at radius 2 is 1.66 bits per heavy atom. The fourth-order valence-corrected chi connectivity index (χ4v) is 5.29. The Morgan fingerprint density at radius 3 is 2.34 bits per heavy atom. The average molecular weight is 437 g/mol. The van der Waals surface area contributed by atoms with Crippen LogP contribution >= 0.6 is 12.0 Å². The molecule has 1 unspecified atom stereocenters. The van der Waals surface area contributed by atoms with Crippen LogP contribution in [-0.4, -0.2) is 37.1 Å². The van der Waals surface area contributed by atoms with Crippen molar-refractivity contribution in [3.8, 4) is 0 Å². The second-order valence-electron chi connectivity index (χ2n) is 6.53. The smallest absolute Gasteiger partial charge is 0.286 e. The van der Waals surface area contributed by atoms with Crippen LogP contribution in [-0.2, 0) is 15.2 Å². The van der Waals surface area contributed by atoms with Gasteiger partial charge in [-0.05, 0) is 31.9 Å². The molecule has 3 rings (SSSR count). The van der Waals surface area contributed by atoms with Crippen molar-refractivity contribution in [2.24, 2.45) is 0 Å². The lowest BCUT2D eigenvalue weighted by Gasteiger charge is -2.35. The lowest BCUT2D eigenvalue weighted by molar-refractivity contribution is -0.388. The van der Waals surface area contributed by atoms with Crippen molar-refractivity contribution < 1.29 is 18.2 Å². The van der Waals surface area contributed by atoms with Crippen LogP contribution in [0.25, 0.3) is 0 Å². The SMILES string of the molecule is C[C@@H]1CC[C@H](OSc2ccccc2[N+](=O)[O-])CN1S(=O)c1ccccc1[N+](=O)[O-]. The number of benzene rings is 2. The molecule has 1 fully saturated rings. The second kappa shape index (κ2) is 9.44. The third-order valence-electron chi connectivity index (χ3n) is 4.58. The molecule has 2 aromatic carbocycles. The second-order valence-corrected chi connectivity index (χ2v) is 8.73. The van der Waals surface area contributed by atoms with E-state index in [1.807, 2.05) is 6.92 Å². The summed E-state index contributed by atoms with van der Waals surface area (Å²) in [6.07, 6.45) is 1.07. The fraction of sp³-hybridized carbons (Fsp3) is 0.333. The maximum Gasteiger partial charge on any atom is 0.286 e. The number of nitro groups is 2. The fourth-order valence-electron chi connectivity index (χ4n) is 3.03. The van der Waals surface area contributed by atoms with Crippen LogP contribution in [0.1, 0.15) is 19.8 Å². The predicted octanol–water partition coefficient (Wildman–Crippen LogP) is 4.10. The zero-order valence-electron chi connectivity index (χ0n) is 15.5. The first-order valence-corrected chi connectivity index (χ1v) is 10.7. The van der Waals surface area contributed by atoms with Gasteiger partial charge in [-0.1, -0.05) is 24.3 Å². The zero-order valence-corrected chi connectivity index (χ0v) is 17.1. The summed E-state index contributed by atoms with van der Waals surface area (Å²) in [5.41, 5.74) is -0.225. The average Bonchev–Trinajstić information content (AvgIpc) is 2.72. The summed E-state index contributed by atoms with van der Waals surface area (Å²) >= 11 is 0.925. The van der Waals surface area contributed by atoms with Crippen LogP contribution in [0.3, 0.4) is 0 Å². The van der Waals surface area contributed by atoms with E-state index in [1.54, 1.807) is 28.6 Å². The van der Waals surface area contributed by atoms with Crippen molar-refractivity contribution in [2.75, 3.05) is 6.54 Å². The third-order valence-corrected chi connectivity index (χ3v) is 7.13. The third kappa shape index (κ3) is 4.99. The van der Waals surface area contributed by atoms with Gasteiger partial charge in [0.2, 0.25) is 0 Å². The zero-order chi connectivity index (χ0) is 21.0. The Kier molecular flexibility index (Phi) is 6.96. The van der Waals surface area contributed by atoms with Crippen LogP contribution < -0.4 is 0 Å². The maximum absolute atomic E-state index is 13.1. The summed E-state index contributed by atoms with van der Waals surface area (Å²) in [5.74, 6) is 0. The standard InChI is InChI=1S/C18H19N3O6S2/c1-13-10-11-14(27-28-17-8-4-2-6-15(17)20(22)23)12-19(13)29(26)18-9-5-3-7-16(18)21(24)25/h2-9,13-14H,10-12H2,1H3/t13-,14+,29?/m1/s1. The quantitative estimate of drug-likeness (QED) is 0.364. The topological polar surface area (TPSA) is 116 Å². The van der Waals surface area contributed by atoms with E-state index in [1.165, 1.54) is 24.3 Å². The summed E-state index contributed by atoms with van der Waals surface area (Å²) in [4.78, 5) is 21.9. The molecule has 0 saturated carbocycles. The molecule has 0 spiro atoms. The Balaban J connectivity index is 1.72. The molecule has 3 atom stereocenters. The van der Waals surface area contributed by atoms with Crippen molar-refractivity contribution in [3.05, 3.63) is 68.8 Å². The normalized spacial score (nSPS) is 20.9. The molecule has 0 amide bonds. The molecule has 154 valence electrons. The van der Waals surface area contributed by atoms with Gasteiger partial charge in [0.1, 0.15) is 20.8 Å². The molecule has 2 aromatic rings. The highest BCUT2D eigenvalue weighted by molar-refractivity contribution is 7.94. The Hall–Kier alpha value is -2.34. The van der Waals surface area contributed by atoms with Gasteiger partial charge < -0.3 is 4.18 Å². The summed E-state index contributed by atoms with van der Waals surface area (Å²) in [7, 11) is -1.72. The number of hydrogen-bond acceptors (Lipinski definition) is 7. The molecule has 1 aliphatic rings. The first-order valence-electron chi connectivity index (χ1n) is 8.87. The Bertz CT molecular complexity index is 941. The van der Waals surface area contributed by atoms with Crippen molar-refractivity contribution in [1.82, 2.24) is 4.31 Å². The molecule has 0 aliphatic carbocycles. The van der Waals surface area contributed by atoms with Crippen molar-refractivity contribution in [2.45, 2.75) is 41.7 Å². The van der Waals surface area contributed by atoms with E-state index < -0.39 is 20.8 Å². The minimum atomic E-state index is -1.72. The summed E-state index contributed by atoms with van der Waals surface area (Å²) < 4.78 is 20.6. The van der Waals surface area contributed by atoms with Crippen molar-refractivity contribution in [3.63, 3.8) is 0 Å². The highest BCUT2D eigenvalue weighted by Crippen LogP contribution is 2.34. The van der Waals surface area contributed by atoms with Gasteiger partial charge >= 0.3 is 0 Å². The molecule has 0 N–H and O–H groups in total. The molecule has 29 heavy (non-hydrogen) atoms. The van der Waals surface area contributed by atoms with Gasteiger partial charge in [-0.15, -0.1) is 0 Å². The molecular formula is C18H19N3O6S2. The number of hydrogen-bond donors (Lipinski definition) is 0. The molecule has 1 aliphatic heterocycles. The van der Waals surface area contributed by atoms with Crippen LogP contribution in [0, 0.1) is 20.2 Å². The molecule has 1 saturated heterocycles. The molecule has 0 aromatic heterocycles. The maximum atomic E-state index is 13.1. The van der Waals surface area contributed by atoms with Crippen LogP contribution in [0.5, 0.6) is 0 Å². The van der Waals surface area contributed by atoms with Gasteiger partial charge in [0.25, 0.3) is 11.4 Å². The first kappa shape index (κ1) is 21.4. The molecule has 9 nitrogen and oxygen atoms in total. The Morgan fingerprint density at radius 1 is 1.03 bits per heavy atom. The number of rotatable bonds is 7. The summed E-state index contributed by atoms with van der Waals surface area (Å²) in [5, 5.41) is 22.4. The van der Waals surface area contributed by atoms with Crippen LogP contribution in [0.4, 0.5) is 11.4 Å². The van der Waals surface area contributed by atoms with E-state index >= 15 is 0 Å². The van der Waals surface area contributed by atoms with Gasteiger partial charge in [-0.2, -0.15) is 0 Å². The van der Waals surface area contributed by atoms with E-state index in [4.69, 9.17) is 4.18 Å². The predicted molar refractivity (Wildman–Crippen MR) is 109 cm³/mol. The van der Waals surface area contributed by atoms with E-state index in [-0.39, 0.29) is 28.4 Å². The number of piperidine rings is 1. The molecule has 1 heterocycles. The van der Waals surface area contributed by atoms with Crippen LogP contribution in [0.15, 0.2) is 58.3 Å². The lowest BCUT2D eigenvalue weighted by Crippen LogP contribution is -2.45. The minimum absolute atomic E-state index is 0.0398.